The highest BCUT2D eigenvalue weighted by Gasteiger charge is 2.18. The van der Waals surface area contributed by atoms with Crippen molar-refractivity contribution in [2.75, 3.05) is 13.2 Å². The third kappa shape index (κ3) is 4.96. The first-order valence-corrected chi connectivity index (χ1v) is 5.88. The molecule has 1 heterocycles. The lowest BCUT2D eigenvalue weighted by Crippen LogP contribution is -2.46. The first-order valence-electron chi connectivity index (χ1n) is 5.88. The number of aliphatic hydroxyl groups excluding tert-OH is 1. The smallest absolute Gasteiger partial charge is 0.326 e. The molecule has 0 spiro atoms. The van der Waals surface area contributed by atoms with E-state index in [1.54, 1.807) is 12.4 Å². The molecule has 19 heavy (non-hydrogen) atoms. The van der Waals surface area contributed by atoms with E-state index in [2.05, 4.69) is 15.6 Å². The number of aryl methyl sites for hydroxylation is 1. The van der Waals surface area contributed by atoms with Gasteiger partial charge in [0.2, 0.25) is 0 Å². The molecule has 0 aliphatic heterocycles. The van der Waals surface area contributed by atoms with Crippen molar-refractivity contribution in [3.05, 3.63) is 18.2 Å². The van der Waals surface area contributed by atoms with E-state index in [1.165, 1.54) is 0 Å². The lowest BCUT2D eigenvalue weighted by atomic mass is 10.2. The fourth-order valence-corrected chi connectivity index (χ4v) is 1.52. The summed E-state index contributed by atoms with van der Waals surface area (Å²) in [5, 5.41) is 22.3. The second-order valence-corrected chi connectivity index (χ2v) is 4.01. The maximum absolute atomic E-state index is 11.5. The molecule has 2 amide bonds. The first kappa shape index (κ1) is 15.0. The largest absolute Gasteiger partial charge is 0.480 e. The van der Waals surface area contributed by atoms with Gasteiger partial charge in [-0.1, -0.05) is 0 Å². The average Bonchev–Trinajstić information content (AvgIpc) is 2.74. The number of nitrogens with one attached hydrogen (secondary N) is 2. The summed E-state index contributed by atoms with van der Waals surface area (Å²) in [6, 6.07) is -1.66. The lowest BCUT2D eigenvalue weighted by Gasteiger charge is -2.13. The molecule has 0 saturated heterocycles. The van der Waals surface area contributed by atoms with Gasteiger partial charge in [-0.25, -0.2) is 14.6 Å². The zero-order valence-corrected chi connectivity index (χ0v) is 10.7. The molecule has 8 nitrogen and oxygen atoms in total. The minimum atomic E-state index is -1.17. The molecule has 8 heteroatoms. The van der Waals surface area contributed by atoms with Crippen LogP contribution in [0.3, 0.4) is 0 Å². The molecule has 0 saturated carbocycles. The Bertz CT molecular complexity index is 432. The van der Waals surface area contributed by atoms with Crippen LogP contribution in [-0.2, 0) is 18.3 Å². The standard InChI is InChI=1S/C11H18N4O4/c1-15-6-5-12-9(15)2-4-13-11(19)14-8(3-7-16)10(17)18/h5-6,8,16H,2-4,7H2,1H3,(H,17,18)(H2,13,14,19)/t8-/m1/s1. The number of aromatic nitrogens is 2. The van der Waals surface area contributed by atoms with Crippen LogP contribution < -0.4 is 10.6 Å². The summed E-state index contributed by atoms with van der Waals surface area (Å²) in [5.74, 6) is -0.348. The van der Waals surface area contributed by atoms with Crippen molar-refractivity contribution in [3.8, 4) is 0 Å². The predicted octanol–water partition coefficient (Wildman–Crippen LogP) is -0.903. The van der Waals surface area contributed by atoms with Gasteiger partial charge >= 0.3 is 12.0 Å². The lowest BCUT2D eigenvalue weighted by molar-refractivity contribution is -0.139. The van der Waals surface area contributed by atoms with E-state index in [-0.39, 0.29) is 13.0 Å². The molecule has 1 rings (SSSR count). The van der Waals surface area contributed by atoms with Gasteiger partial charge in [-0.2, -0.15) is 0 Å². The molecule has 0 aromatic carbocycles. The number of imidazole rings is 1. The fourth-order valence-electron chi connectivity index (χ4n) is 1.52. The Kier molecular flexibility index (Phi) is 5.80. The summed E-state index contributed by atoms with van der Waals surface area (Å²) in [7, 11) is 1.85. The molecule has 0 bridgehead atoms. The maximum atomic E-state index is 11.5. The van der Waals surface area contributed by atoms with E-state index in [4.69, 9.17) is 10.2 Å². The number of rotatable bonds is 7. The number of urea groups is 1. The summed E-state index contributed by atoms with van der Waals surface area (Å²) in [4.78, 5) is 26.3. The van der Waals surface area contributed by atoms with Gasteiger partial charge in [-0.05, 0) is 0 Å². The quantitative estimate of drug-likeness (QED) is 0.512. The summed E-state index contributed by atoms with van der Waals surface area (Å²) in [6.45, 7) is 0.0483. The van der Waals surface area contributed by atoms with Crippen LogP contribution in [-0.4, -0.2) is 51.0 Å². The van der Waals surface area contributed by atoms with Crippen molar-refractivity contribution in [2.45, 2.75) is 18.9 Å². The molecular weight excluding hydrogens is 252 g/mol. The minimum Gasteiger partial charge on any atom is -0.480 e. The Morgan fingerprint density at radius 1 is 1.53 bits per heavy atom. The Balaban J connectivity index is 2.31. The number of hydrogen-bond donors (Lipinski definition) is 4. The number of hydrogen-bond acceptors (Lipinski definition) is 4. The monoisotopic (exact) mass is 270 g/mol. The number of carboxylic acid groups (broad SMARTS) is 1. The minimum absolute atomic E-state index is 0.0257. The maximum Gasteiger partial charge on any atom is 0.326 e. The number of amides is 2. The third-order valence-corrected chi connectivity index (χ3v) is 2.58. The molecule has 1 aromatic heterocycles. The van der Waals surface area contributed by atoms with Crippen LogP contribution in [0.4, 0.5) is 4.79 Å². The molecule has 4 N–H and O–H groups in total. The Labute approximate surface area is 110 Å². The van der Waals surface area contributed by atoms with Gasteiger partial charge in [0.25, 0.3) is 0 Å². The Hall–Kier alpha value is -2.09. The van der Waals surface area contributed by atoms with E-state index in [0.717, 1.165) is 5.82 Å². The van der Waals surface area contributed by atoms with Crippen molar-refractivity contribution in [3.63, 3.8) is 0 Å². The van der Waals surface area contributed by atoms with Crippen LogP contribution in [0.25, 0.3) is 0 Å². The molecule has 106 valence electrons. The number of carboxylic acids is 1. The van der Waals surface area contributed by atoms with Gasteiger partial charge in [0.05, 0.1) is 0 Å². The van der Waals surface area contributed by atoms with E-state index in [9.17, 15) is 9.59 Å². The second kappa shape index (κ2) is 7.37. The van der Waals surface area contributed by atoms with Crippen molar-refractivity contribution in [1.82, 2.24) is 20.2 Å². The molecule has 0 aliphatic carbocycles. The zero-order valence-electron chi connectivity index (χ0n) is 10.7. The Morgan fingerprint density at radius 2 is 2.26 bits per heavy atom. The van der Waals surface area contributed by atoms with Gasteiger partial charge in [-0.15, -0.1) is 0 Å². The molecule has 0 aliphatic rings. The van der Waals surface area contributed by atoms with Crippen molar-refractivity contribution < 1.29 is 19.8 Å². The van der Waals surface area contributed by atoms with Gasteiger partial charge in [0.1, 0.15) is 11.9 Å². The highest BCUT2D eigenvalue weighted by atomic mass is 16.4. The summed E-state index contributed by atoms with van der Waals surface area (Å²) in [6.07, 6.45) is 3.99. The third-order valence-electron chi connectivity index (χ3n) is 2.58. The van der Waals surface area contributed by atoms with Gasteiger partial charge in [0, 0.05) is 45.4 Å². The van der Waals surface area contributed by atoms with Crippen molar-refractivity contribution in [2.24, 2.45) is 7.05 Å². The Morgan fingerprint density at radius 3 is 2.79 bits per heavy atom. The van der Waals surface area contributed by atoms with Crippen LogP contribution in [0.1, 0.15) is 12.2 Å². The van der Waals surface area contributed by atoms with E-state index in [1.807, 2.05) is 11.6 Å². The number of aliphatic carboxylic acids is 1. The first-order chi connectivity index (χ1) is 9.04. The van der Waals surface area contributed by atoms with E-state index in [0.29, 0.717) is 13.0 Å². The van der Waals surface area contributed by atoms with Gasteiger partial charge in [-0.3, -0.25) is 0 Å². The highest BCUT2D eigenvalue weighted by molar-refractivity contribution is 5.82. The van der Waals surface area contributed by atoms with E-state index < -0.39 is 18.0 Å². The SMILES string of the molecule is Cn1ccnc1CCNC(=O)N[C@H](CCO)C(=O)O. The van der Waals surface area contributed by atoms with Crippen LogP contribution in [0.15, 0.2) is 12.4 Å². The number of carbonyl (C=O) groups is 2. The summed E-state index contributed by atoms with van der Waals surface area (Å²) >= 11 is 0. The van der Waals surface area contributed by atoms with Gasteiger partial charge < -0.3 is 25.4 Å². The molecular formula is C11H18N4O4. The van der Waals surface area contributed by atoms with Crippen LogP contribution >= 0.6 is 0 Å². The highest BCUT2D eigenvalue weighted by Crippen LogP contribution is 1.94. The van der Waals surface area contributed by atoms with Gasteiger partial charge in [0.15, 0.2) is 0 Å². The van der Waals surface area contributed by atoms with Crippen molar-refractivity contribution in [1.29, 1.82) is 0 Å². The molecule has 0 unspecified atom stereocenters. The summed E-state index contributed by atoms with van der Waals surface area (Å²) in [5.41, 5.74) is 0. The predicted molar refractivity (Wildman–Crippen MR) is 66.6 cm³/mol. The topological polar surface area (TPSA) is 116 Å². The average molecular weight is 270 g/mol. The fraction of sp³-hybridized carbons (Fsp3) is 0.545. The normalized spacial score (nSPS) is 11.9. The number of carbonyl (C=O) groups excluding carboxylic acids is 1. The zero-order chi connectivity index (χ0) is 14.3. The summed E-state index contributed by atoms with van der Waals surface area (Å²) < 4.78 is 1.84. The van der Waals surface area contributed by atoms with E-state index >= 15 is 0 Å². The van der Waals surface area contributed by atoms with Crippen LogP contribution in [0, 0.1) is 0 Å². The molecule has 1 atom stereocenters. The number of nitrogens with zero attached hydrogens (tertiary/aromatic N) is 2. The molecule has 0 fully saturated rings. The van der Waals surface area contributed by atoms with Crippen molar-refractivity contribution >= 4 is 12.0 Å². The number of aliphatic hydroxyl groups is 1. The van der Waals surface area contributed by atoms with Crippen LogP contribution in [0.5, 0.6) is 0 Å². The second-order valence-electron chi connectivity index (χ2n) is 4.01. The van der Waals surface area contributed by atoms with Crippen LogP contribution in [0.2, 0.25) is 0 Å². The molecule has 1 aromatic rings. The molecule has 0 radical (unpaired) electrons.